The molecular formula is C24H37ClN2O2. The number of carbonyl (C=O) groups is 1. The molecule has 1 aromatic carbocycles. The lowest BCUT2D eigenvalue weighted by molar-refractivity contribution is -0.150. The van der Waals surface area contributed by atoms with Gasteiger partial charge in [-0.05, 0) is 36.8 Å². The molecular weight excluding hydrogens is 384 g/mol. The van der Waals surface area contributed by atoms with E-state index in [1.54, 1.807) is 0 Å². The third-order valence-corrected chi connectivity index (χ3v) is 7.17. The number of piperazine rings is 1. The smallest absolute Gasteiger partial charge is 0.312 e. The van der Waals surface area contributed by atoms with Crippen LogP contribution in [0.4, 0.5) is 5.69 Å². The SMILES string of the molecule is CC(C)c1ccccc1N1CCN(CCC2CC3(CCCCC3)C(=O)O2)CC1.Cl. The van der Waals surface area contributed by atoms with E-state index in [0.29, 0.717) is 5.92 Å². The highest BCUT2D eigenvalue weighted by molar-refractivity contribution is 5.85. The lowest BCUT2D eigenvalue weighted by Crippen LogP contribution is -2.47. The Bertz CT molecular complexity index is 679. The molecule has 5 heteroatoms. The Hall–Kier alpha value is -1.26. The van der Waals surface area contributed by atoms with Gasteiger partial charge in [0.25, 0.3) is 0 Å². The number of nitrogens with zero attached hydrogens (tertiary/aromatic N) is 2. The molecule has 2 saturated heterocycles. The van der Waals surface area contributed by atoms with Crippen molar-refractivity contribution in [2.24, 2.45) is 5.41 Å². The van der Waals surface area contributed by atoms with Crippen LogP contribution < -0.4 is 4.90 Å². The van der Waals surface area contributed by atoms with Gasteiger partial charge in [0.1, 0.15) is 6.10 Å². The predicted octanol–water partition coefficient (Wildman–Crippen LogP) is 5.01. The molecule has 1 aromatic rings. The van der Waals surface area contributed by atoms with Crippen LogP contribution in [0.1, 0.15) is 70.3 Å². The highest BCUT2D eigenvalue weighted by atomic mass is 35.5. The maximum Gasteiger partial charge on any atom is 0.312 e. The number of para-hydroxylation sites is 1. The van der Waals surface area contributed by atoms with Gasteiger partial charge < -0.3 is 9.64 Å². The van der Waals surface area contributed by atoms with Gasteiger partial charge in [-0.3, -0.25) is 9.69 Å². The van der Waals surface area contributed by atoms with E-state index in [2.05, 4.69) is 47.9 Å². The van der Waals surface area contributed by atoms with Crippen LogP contribution in [-0.2, 0) is 9.53 Å². The van der Waals surface area contributed by atoms with E-state index in [1.807, 2.05) is 0 Å². The number of hydrogen-bond acceptors (Lipinski definition) is 4. The monoisotopic (exact) mass is 420 g/mol. The van der Waals surface area contributed by atoms with Crippen LogP contribution in [0.3, 0.4) is 0 Å². The van der Waals surface area contributed by atoms with Gasteiger partial charge in [0.05, 0.1) is 5.41 Å². The van der Waals surface area contributed by atoms with Crippen LogP contribution in [0.15, 0.2) is 24.3 Å². The van der Waals surface area contributed by atoms with Gasteiger partial charge in [-0.25, -0.2) is 0 Å². The third-order valence-electron chi connectivity index (χ3n) is 7.17. The summed E-state index contributed by atoms with van der Waals surface area (Å²) < 4.78 is 5.80. The molecule has 0 bridgehead atoms. The third kappa shape index (κ3) is 4.91. The Balaban J connectivity index is 0.00000240. The van der Waals surface area contributed by atoms with E-state index >= 15 is 0 Å². The van der Waals surface area contributed by atoms with Crippen molar-refractivity contribution in [3.63, 3.8) is 0 Å². The molecule has 2 aliphatic heterocycles. The second-order valence-electron chi connectivity index (χ2n) is 9.40. The largest absolute Gasteiger partial charge is 0.462 e. The van der Waals surface area contributed by atoms with E-state index < -0.39 is 0 Å². The Kier molecular flexibility index (Phi) is 7.50. The summed E-state index contributed by atoms with van der Waals surface area (Å²) in [7, 11) is 0. The standard InChI is InChI=1S/C24H36N2O2.ClH/c1-19(2)21-8-4-5-9-22(21)26-16-14-25(15-17-26)13-10-20-18-24(23(27)28-20)11-6-3-7-12-24;/h4-5,8-9,19-20H,3,6-7,10-18H2,1-2H3;1H. The molecule has 3 fully saturated rings. The van der Waals surface area contributed by atoms with Gasteiger partial charge >= 0.3 is 5.97 Å². The lowest BCUT2D eigenvalue weighted by Gasteiger charge is -2.37. The van der Waals surface area contributed by atoms with Crippen molar-refractivity contribution in [3.8, 4) is 0 Å². The van der Waals surface area contributed by atoms with E-state index in [4.69, 9.17) is 4.74 Å². The first kappa shape index (κ1) is 22.4. The Morgan fingerprint density at radius 2 is 1.76 bits per heavy atom. The fraction of sp³-hybridized carbons (Fsp3) is 0.708. The van der Waals surface area contributed by atoms with Crippen LogP contribution in [0.5, 0.6) is 0 Å². The number of halogens is 1. The molecule has 0 N–H and O–H groups in total. The molecule has 162 valence electrons. The van der Waals surface area contributed by atoms with E-state index in [0.717, 1.165) is 58.4 Å². The number of ether oxygens (including phenoxy) is 1. The van der Waals surface area contributed by atoms with Crippen molar-refractivity contribution in [1.29, 1.82) is 0 Å². The zero-order valence-corrected chi connectivity index (χ0v) is 18.9. The minimum absolute atomic E-state index is 0. The molecule has 3 aliphatic rings. The summed E-state index contributed by atoms with van der Waals surface area (Å²) in [5.41, 5.74) is 2.73. The second-order valence-corrected chi connectivity index (χ2v) is 9.40. The lowest BCUT2D eigenvalue weighted by atomic mass is 9.72. The summed E-state index contributed by atoms with van der Waals surface area (Å²) in [6, 6.07) is 8.84. The molecule has 4 rings (SSSR count). The molecule has 0 aromatic heterocycles. The zero-order valence-electron chi connectivity index (χ0n) is 18.1. The van der Waals surface area contributed by atoms with Crippen LogP contribution in [0.2, 0.25) is 0 Å². The Morgan fingerprint density at radius 1 is 1.07 bits per heavy atom. The van der Waals surface area contributed by atoms with E-state index in [-0.39, 0.29) is 29.9 Å². The molecule has 0 radical (unpaired) electrons. The molecule has 1 unspecified atom stereocenters. The van der Waals surface area contributed by atoms with E-state index in [9.17, 15) is 4.79 Å². The van der Waals surface area contributed by atoms with Gasteiger partial charge in [0.2, 0.25) is 0 Å². The van der Waals surface area contributed by atoms with Crippen LogP contribution in [-0.4, -0.2) is 49.7 Å². The quantitative estimate of drug-likeness (QED) is 0.627. The summed E-state index contributed by atoms with van der Waals surface area (Å²) in [6.45, 7) is 9.95. The number of benzene rings is 1. The first-order chi connectivity index (χ1) is 13.6. The molecule has 1 spiro atoms. The van der Waals surface area contributed by atoms with Gasteiger partial charge in [0.15, 0.2) is 0 Å². The molecule has 1 aliphatic carbocycles. The first-order valence-electron chi connectivity index (χ1n) is 11.3. The second kappa shape index (κ2) is 9.70. The highest BCUT2D eigenvalue weighted by Crippen LogP contribution is 2.46. The van der Waals surface area contributed by atoms with Crippen molar-refractivity contribution in [2.45, 2.75) is 70.8 Å². The van der Waals surface area contributed by atoms with Crippen molar-refractivity contribution in [2.75, 3.05) is 37.6 Å². The molecule has 1 saturated carbocycles. The maximum atomic E-state index is 12.5. The number of anilines is 1. The average Bonchev–Trinajstić information content (AvgIpc) is 3.02. The van der Waals surface area contributed by atoms with Gasteiger partial charge in [-0.15, -0.1) is 12.4 Å². The van der Waals surface area contributed by atoms with Crippen LogP contribution in [0, 0.1) is 5.41 Å². The van der Waals surface area contributed by atoms with Crippen molar-refractivity contribution in [3.05, 3.63) is 29.8 Å². The van der Waals surface area contributed by atoms with Crippen LogP contribution >= 0.6 is 12.4 Å². The summed E-state index contributed by atoms with van der Waals surface area (Å²) in [4.78, 5) is 17.5. The minimum atomic E-state index is -0.123. The molecule has 1 atom stereocenters. The number of esters is 1. The fourth-order valence-corrected chi connectivity index (χ4v) is 5.44. The number of hydrogen-bond donors (Lipinski definition) is 0. The normalized spacial score (nSPS) is 24.6. The summed E-state index contributed by atoms with van der Waals surface area (Å²) in [5.74, 6) is 0.658. The maximum absolute atomic E-state index is 12.5. The number of rotatable bonds is 5. The number of cyclic esters (lactones) is 1. The highest BCUT2D eigenvalue weighted by Gasteiger charge is 2.48. The topological polar surface area (TPSA) is 32.8 Å². The Labute approximate surface area is 182 Å². The number of carbonyl (C=O) groups excluding carboxylic acids is 1. The van der Waals surface area contributed by atoms with Gasteiger partial charge in [-0.2, -0.15) is 0 Å². The minimum Gasteiger partial charge on any atom is -0.462 e. The van der Waals surface area contributed by atoms with Gasteiger partial charge in [0, 0.05) is 44.8 Å². The molecule has 29 heavy (non-hydrogen) atoms. The molecule has 4 nitrogen and oxygen atoms in total. The van der Waals surface area contributed by atoms with E-state index in [1.165, 1.54) is 30.5 Å². The van der Waals surface area contributed by atoms with Crippen molar-refractivity contribution >= 4 is 24.1 Å². The first-order valence-corrected chi connectivity index (χ1v) is 11.3. The molecule has 2 heterocycles. The van der Waals surface area contributed by atoms with Crippen molar-refractivity contribution < 1.29 is 9.53 Å². The predicted molar refractivity (Wildman–Crippen MR) is 121 cm³/mol. The average molecular weight is 421 g/mol. The van der Waals surface area contributed by atoms with Crippen LogP contribution in [0.25, 0.3) is 0 Å². The zero-order chi connectivity index (χ0) is 19.6. The van der Waals surface area contributed by atoms with Gasteiger partial charge in [-0.1, -0.05) is 51.3 Å². The van der Waals surface area contributed by atoms with Crippen molar-refractivity contribution in [1.82, 2.24) is 4.90 Å². The summed E-state index contributed by atoms with van der Waals surface area (Å²) in [6.07, 6.45) is 7.88. The summed E-state index contributed by atoms with van der Waals surface area (Å²) >= 11 is 0. The Morgan fingerprint density at radius 3 is 2.45 bits per heavy atom. The summed E-state index contributed by atoms with van der Waals surface area (Å²) in [5, 5.41) is 0. The fourth-order valence-electron chi connectivity index (χ4n) is 5.44. The molecule has 0 amide bonds.